The van der Waals surface area contributed by atoms with Crippen LogP contribution in [0.25, 0.3) is 10.9 Å². The van der Waals surface area contributed by atoms with Gasteiger partial charge in [0.15, 0.2) is 5.79 Å². The van der Waals surface area contributed by atoms with Crippen molar-refractivity contribution in [2.24, 2.45) is 4.99 Å². The number of H-pyrrole nitrogens is 1. The van der Waals surface area contributed by atoms with Crippen molar-refractivity contribution in [2.75, 3.05) is 0 Å². The Bertz CT molecular complexity index is 966. The SMILES string of the molecule is C[C@H](NC1(C)N=C(C(=O)O)C=CN1)c1cc2cc(Cl)ccc2[nH]c1=O. The van der Waals surface area contributed by atoms with Crippen LogP contribution in [-0.4, -0.2) is 27.6 Å². The molecule has 3 rings (SSSR count). The number of halogens is 1. The fourth-order valence-corrected chi connectivity index (χ4v) is 2.98. The molecule has 0 radical (unpaired) electrons. The quantitative estimate of drug-likeness (QED) is 0.668. The smallest absolute Gasteiger partial charge is 0.354 e. The van der Waals surface area contributed by atoms with E-state index in [4.69, 9.17) is 16.7 Å². The molecule has 8 heteroatoms. The Morgan fingerprint density at radius 2 is 2.16 bits per heavy atom. The zero-order valence-electron chi connectivity index (χ0n) is 13.6. The van der Waals surface area contributed by atoms with Gasteiger partial charge in [0.1, 0.15) is 5.71 Å². The van der Waals surface area contributed by atoms with E-state index in [1.54, 1.807) is 31.2 Å². The zero-order valence-corrected chi connectivity index (χ0v) is 14.4. The van der Waals surface area contributed by atoms with E-state index in [9.17, 15) is 9.59 Å². The second-order valence-corrected chi connectivity index (χ2v) is 6.44. The molecule has 1 unspecified atom stereocenters. The van der Waals surface area contributed by atoms with E-state index in [-0.39, 0.29) is 11.3 Å². The second-order valence-electron chi connectivity index (χ2n) is 6.00. The monoisotopic (exact) mass is 360 g/mol. The third-order valence-electron chi connectivity index (χ3n) is 3.97. The van der Waals surface area contributed by atoms with E-state index in [0.717, 1.165) is 5.39 Å². The highest BCUT2D eigenvalue weighted by atomic mass is 35.5. The molecule has 25 heavy (non-hydrogen) atoms. The molecular formula is C17H17ClN4O3. The van der Waals surface area contributed by atoms with Gasteiger partial charge < -0.3 is 15.4 Å². The number of nitrogens with one attached hydrogen (secondary N) is 3. The van der Waals surface area contributed by atoms with Crippen molar-refractivity contribution in [2.45, 2.75) is 25.7 Å². The number of carboxylic acids is 1. The molecule has 1 aliphatic rings. The van der Waals surface area contributed by atoms with Gasteiger partial charge in [-0.1, -0.05) is 11.6 Å². The molecular weight excluding hydrogens is 344 g/mol. The number of carboxylic acid groups (broad SMARTS) is 1. The molecule has 1 aliphatic heterocycles. The van der Waals surface area contributed by atoms with E-state index in [1.165, 1.54) is 12.3 Å². The van der Waals surface area contributed by atoms with Crippen molar-refractivity contribution < 1.29 is 9.90 Å². The van der Waals surface area contributed by atoms with Gasteiger partial charge in [0.25, 0.3) is 5.56 Å². The summed E-state index contributed by atoms with van der Waals surface area (Å²) in [5.41, 5.74) is 0.897. The number of aliphatic carboxylic acids is 1. The number of hydrogen-bond donors (Lipinski definition) is 4. The van der Waals surface area contributed by atoms with Crippen molar-refractivity contribution >= 4 is 34.2 Å². The van der Waals surface area contributed by atoms with Gasteiger partial charge in [-0.3, -0.25) is 10.1 Å². The molecule has 0 saturated heterocycles. The molecule has 2 heterocycles. The molecule has 7 nitrogen and oxygen atoms in total. The Labute approximate surface area is 148 Å². The lowest BCUT2D eigenvalue weighted by molar-refractivity contribution is -0.129. The van der Waals surface area contributed by atoms with Crippen LogP contribution in [-0.2, 0) is 4.79 Å². The van der Waals surface area contributed by atoms with Crippen LogP contribution in [0.4, 0.5) is 0 Å². The van der Waals surface area contributed by atoms with Gasteiger partial charge in [-0.05, 0) is 44.2 Å². The summed E-state index contributed by atoms with van der Waals surface area (Å²) in [5.74, 6) is -2.16. The first-order chi connectivity index (χ1) is 11.8. The van der Waals surface area contributed by atoms with E-state index >= 15 is 0 Å². The summed E-state index contributed by atoms with van der Waals surface area (Å²) in [5, 5.41) is 16.6. The molecule has 1 aromatic heterocycles. The fraction of sp³-hybridized carbons (Fsp3) is 0.235. The Balaban J connectivity index is 1.93. The molecule has 0 fully saturated rings. The molecule has 130 valence electrons. The molecule has 0 aliphatic carbocycles. The Kier molecular flexibility index (Phi) is 4.36. The lowest BCUT2D eigenvalue weighted by Crippen LogP contribution is -2.54. The minimum absolute atomic E-state index is 0.0693. The van der Waals surface area contributed by atoms with Crippen LogP contribution in [0.15, 0.2) is 46.3 Å². The topological polar surface area (TPSA) is 107 Å². The Morgan fingerprint density at radius 3 is 2.88 bits per heavy atom. The van der Waals surface area contributed by atoms with E-state index in [1.807, 2.05) is 6.92 Å². The predicted molar refractivity (Wildman–Crippen MR) is 96.9 cm³/mol. The first-order valence-electron chi connectivity index (χ1n) is 7.65. The summed E-state index contributed by atoms with van der Waals surface area (Å²) < 4.78 is 0. The molecule has 2 atom stereocenters. The summed E-state index contributed by atoms with van der Waals surface area (Å²) in [6, 6.07) is 6.60. The van der Waals surface area contributed by atoms with Crippen LogP contribution in [0.1, 0.15) is 25.5 Å². The Hall–Kier alpha value is -2.64. The summed E-state index contributed by atoms with van der Waals surface area (Å²) in [6.45, 7) is 3.50. The average Bonchev–Trinajstić information content (AvgIpc) is 2.54. The number of rotatable bonds is 4. The molecule has 0 bridgehead atoms. The first-order valence-corrected chi connectivity index (χ1v) is 8.03. The van der Waals surface area contributed by atoms with Gasteiger partial charge in [0, 0.05) is 33.7 Å². The lowest BCUT2D eigenvalue weighted by atomic mass is 10.1. The maximum Gasteiger partial charge on any atom is 0.354 e. The number of benzene rings is 1. The molecule has 0 saturated carbocycles. The number of nitrogens with zero attached hydrogens (tertiary/aromatic N) is 1. The minimum atomic E-state index is -1.11. The predicted octanol–water partition coefficient (Wildman–Crippen LogP) is 2.15. The van der Waals surface area contributed by atoms with Crippen molar-refractivity contribution in [3.05, 3.63) is 57.5 Å². The number of hydrogen-bond acceptors (Lipinski definition) is 5. The van der Waals surface area contributed by atoms with Crippen molar-refractivity contribution in [1.29, 1.82) is 0 Å². The van der Waals surface area contributed by atoms with Crippen LogP contribution in [0.2, 0.25) is 5.02 Å². The summed E-state index contributed by atoms with van der Waals surface area (Å²) in [6.07, 6.45) is 2.89. The maximum atomic E-state index is 12.4. The second kappa shape index (κ2) is 6.34. The number of fused-ring (bicyclic) bond motifs is 1. The molecule has 0 spiro atoms. The lowest BCUT2D eigenvalue weighted by Gasteiger charge is -2.32. The van der Waals surface area contributed by atoms with Crippen LogP contribution in [0, 0.1) is 0 Å². The molecule has 4 N–H and O–H groups in total. The normalized spacial score (nSPS) is 20.8. The van der Waals surface area contributed by atoms with E-state index < -0.39 is 17.8 Å². The highest BCUT2D eigenvalue weighted by Crippen LogP contribution is 2.21. The van der Waals surface area contributed by atoms with Gasteiger partial charge in [0.2, 0.25) is 0 Å². The third kappa shape index (κ3) is 3.57. The largest absolute Gasteiger partial charge is 0.477 e. The van der Waals surface area contributed by atoms with Crippen molar-refractivity contribution in [1.82, 2.24) is 15.6 Å². The van der Waals surface area contributed by atoms with Gasteiger partial charge in [-0.2, -0.15) is 0 Å². The number of aromatic amines is 1. The fourth-order valence-electron chi connectivity index (χ4n) is 2.80. The molecule has 0 amide bonds. The highest BCUT2D eigenvalue weighted by molar-refractivity contribution is 6.40. The molecule has 1 aromatic carbocycles. The van der Waals surface area contributed by atoms with Crippen molar-refractivity contribution in [3.63, 3.8) is 0 Å². The van der Waals surface area contributed by atoms with Crippen LogP contribution < -0.4 is 16.2 Å². The van der Waals surface area contributed by atoms with Crippen LogP contribution in [0.5, 0.6) is 0 Å². The standard InChI is InChI=1S/C17H17ClN4O3/c1-9(21-17(2)19-6-5-14(22-17)16(24)25)12-8-10-7-11(18)3-4-13(10)20-15(12)23/h3-9,19,21H,1-2H3,(H,20,23)(H,24,25)/t9-,17?/m0/s1. The number of pyridine rings is 1. The van der Waals surface area contributed by atoms with E-state index in [2.05, 4.69) is 20.6 Å². The van der Waals surface area contributed by atoms with Crippen LogP contribution in [0.3, 0.4) is 0 Å². The average molecular weight is 361 g/mol. The third-order valence-corrected chi connectivity index (χ3v) is 4.20. The minimum Gasteiger partial charge on any atom is -0.477 e. The Morgan fingerprint density at radius 1 is 1.40 bits per heavy atom. The molecule has 2 aromatic rings. The summed E-state index contributed by atoms with van der Waals surface area (Å²) in [4.78, 5) is 30.5. The number of aliphatic imine (C=N–C) groups is 1. The summed E-state index contributed by atoms with van der Waals surface area (Å²) in [7, 11) is 0. The number of carbonyl (C=O) groups is 1. The van der Waals surface area contributed by atoms with E-state index in [0.29, 0.717) is 16.1 Å². The summed E-state index contributed by atoms with van der Waals surface area (Å²) >= 11 is 6.02. The van der Waals surface area contributed by atoms with Crippen LogP contribution >= 0.6 is 11.6 Å². The highest BCUT2D eigenvalue weighted by Gasteiger charge is 2.29. The maximum absolute atomic E-state index is 12.4. The zero-order chi connectivity index (χ0) is 18.2. The first kappa shape index (κ1) is 17.2. The van der Waals surface area contributed by atoms with Gasteiger partial charge in [-0.25, -0.2) is 9.79 Å². The van der Waals surface area contributed by atoms with Gasteiger partial charge >= 0.3 is 5.97 Å². The van der Waals surface area contributed by atoms with Gasteiger partial charge in [0.05, 0.1) is 0 Å². The van der Waals surface area contributed by atoms with Crippen molar-refractivity contribution in [3.8, 4) is 0 Å². The number of aromatic nitrogens is 1. The van der Waals surface area contributed by atoms with Gasteiger partial charge in [-0.15, -0.1) is 0 Å².